The molecule has 0 saturated carbocycles. The van der Waals surface area contributed by atoms with Gasteiger partial charge in [0, 0.05) is 0 Å². The second-order valence-electron chi connectivity index (χ2n) is 4.68. The van der Waals surface area contributed by atoms with E-state index in [4.69, 9.17) is 14.2 Å². The Kier molecular flexibility index (Phi) is 4.51. The zero-order valence-electron chi connectivity index (χ0n) is 12.4. The maximum absolute atomic E-state index is 5.88. The molecule has 0 saturated heterocycles. The number of benzene rings is 2. The van der Waals surface area contributed by atoms with E-state index in [2.05, 4.69) is 19.9 Å². The lowest BCUT2D eigenvalue weighted by Gasteiger charge is -2.12. The third-order valence-corrected chi connectivity index (χ3v) is 3.40. The van der Waals surface area contributed by atoms with Gasteiger partial charge in [-0.25, -0.2) is 0 Å². The molecule has 0 aliphatic rings. The van der Waals surface area contributed by atoms with Gasteiger partial charge in [-0.05, 0) is 48.7 Å². The van der Waals surface area contributed by atoms with Crippen LogP contribution in [0.1, 0.15) is 16.7 Å². The van der Waals surface area contributed by atoms with Gasteiger partial charge in [-0.1, -0.05) is 18.2 Å². The van der Waals surface area contributed by atoms with Gasteiger partial charge in [0.15, 0.2) is 11.5 Å². The van der Waals surface area contributed by atoms with Gasteiger partial charge in [0.1, 0.15) is 12.4 Å². The summed E-state index contributed by atoms with van der Waals surface area (Å²) in [4.78, 5) is 0. The SMILES string of the molecule is COc1ccc(COc2cccc(C)c2C)cc1OC. The minimum Gasteiger partial charge on any atom is -0.493 e. The number of methoxy groups -OCH3 is 2. The number of aryl methyl sites for hydroxylation is 1. The standard InChI is InChI=1S/C17H20O3/c1-12-6-5-7-15(13(12)2)20-11-14-8-9-16(18-3)17(10-14)19-4/h5-10H,11H2,1-4H3. The summed E-state index contributed by atoms with van der Waals surface area (Å²) in [7, 11) is 3.26. The molecule has 0 unspecified atom stereocenters. The van der Waals surface area contributed by atoms with Gasteiger partial charge >= 0.3 is 0 Å². The molecular formula is C17H20O3. The Morgan fingerprint density at radius 1 is 0.850 bits per heavy atom. The van der Waals surface area contributed by atoms with Crippen molar-refractivity contribution >= 4 is 0 Å². The molecule has 0 aliphatic heterocycles. The first-order valence-electron chi connectivity index (χ1n) is 6.55. The lowest BCUT2D eigenvalue weighted by Crippen LogP contribution is -1.99. The van der Waals surface area contributed by atoms with E-state index >= 15 is 0 Å². The van der Waals surface area contributed by atoms with Crippen molar-refractivity contribution in [1.82, 2.24) is 0 Å². The minimum atomic E-state index is 0.505. The monoisotopic (exact) mass is 272 g/mol. The lowest BCUT2D eigenvalue weighted by atomic mass is 10.1. The van der Waals surface area contributed by atoms with E-state index in [1.807, 2.05) is 30.3 Å². The highest BCUT2D eigenvalue weighted by molar-refractivity contribution is 5.43. The fraction of sp³-hybridized carbons (Fsp3) is 0.294. The number of hydrogen-bond acceptors (Lipinski definition) is 3. The molecule has 0 amide bonds. The fourth-order valence-electron chi connectivity index (χ4n) is 2.01. The maximum atomic E-state index is 5.88. The van der Waals surface area contributed by atoms with Crippen LogP contribution in [0.25, 0.3) is 0 Å². The zero-order chi connectivity index (χ0) is 14.5. The van der Waals surface area contributed by atoms with Gasteiger partial charge in [-0.15, -0.1) is 0 Å². The van der Waals surface area contributed by atoms with Gasteiger partial charge < -0.3 is 14.2 Å². The molecule has 0 radical (unpaired) electrons. The molecule has 3 heteroatoms. The van der Waals surface area contributed by atoms with Gasteiger partial charge in [-0.2, -0.15) is 0 Å². The van der Waals surface area contributed by atoms with Gasteiger partial charge in [0.2, 0.25) is 0 Å². The molecule has 0 N–H and O–H groups in total. The van der Waals surface area contributed by atoms with Gasteiger partial charge in [0.05, 0.1) is 14.2 Å². The summed E-state index contributed by atoms with van der Waals surface area (Å²) in [6, 6.07) is 11.9. The number of rotatable bonds is 5. The highest BCUT2D eigenvalue weighted by Gasteiger charge is 2.06. The van der Waals surface area contributed by atoms with E-state index in [-0.39, 0.29) is 0 Å². The molecule has 0 heterocycles. The summed E-state index contributed by atoms with van der Waals surface area (Å²) in [6.45, 7) is 4.66. The number of hydrogen-bond donors (Lipinski definition) is 0. The first-order valence-corrected chi connectivity index (χ1v) is 6.55. The van der Waals surface area contributed by atoms with E-state index in [9.17, 15) is 0 Å². The average Bonchev–Trinajstić information content (AvgIpc) is 2.48. The molecular weight excluding hydrogens is 252 g/mol. The molecule has 0 aliphatic carbocycles. The van der Waals surface area contributed by atoms with Crippen molar-refractivity contribution < 1.29 is 14.2 Å². The zero-order valence-corrected chi connectivity index (χ0v) is 12.4. The van der Waals surface area contributed by atoms with Crippen molar-refractivity contribution in [2.24, 2.45) is 0 Å². The van der Waals surface area contributed by atoms with Crippen LogP contribution >= 0.6 is 0 Å². The van der Waals surface area contributed by atoms with Crippen LogP contribution in [0.2, 0.25) is 0 Å². The minimum absolute atomic E-state index is 0.505. The van der Waals surface area contributed by atoms with Gasteiger partial charge in [-0.3, -0.25) is 0 Å². The molecule has 2 aromatic rings. The highest BCUT2D eigenvalue weighted by atomic mass is 16.5. The Bertz CT molecular complexity index is 591. The predicted molar refractivity (Wildman–Crippen MR) is 79.8 cm³/mol. The Morgan fingerprint density at radius 2 is 1.60 bits per heavy atom. The molecule has 0 bridgehead atoms. The Morgan fingerprint density at radius 3 is 2.30 bits per heavy atom. The first kappa shape index (κ1) is 14.3. The van der Waals surface area contributed by atoms with Crippen molar-refractivity contribution in [1.29, 1.82) is 0 Å². The average molecular weight is 272 g/mol. The molecule has 3 nitrogen and oxygen atoms in total. The molecule has 20 heavy (non-hydrogen) atoms. The topological polar surface area (TPSA) is 27.7 Å². The second kappa shape index (κ2) is 6.33. The summed E-state index contributed by atoms with van der Waals surface area (Å²) >= 11 is 0. The van der Waals surface area contributed by atoms with Crippen LogP contribution in [0, 0.1) is 13.8 Å². The van der Waals surface area contributed by atoms with Crippen LogP contribution in [-0.2, 0) is 6.61 Å². The van der Waals surface area contributed by atoms with Crippen LogP contribution in [-0.4, -0.2) is 14.2 Å². The quantitative estimate of drug-likeness (QED) is 0.826. The molecule has 0 aromatic heterocycles. The van der Waals surface area contributed by atoms with Gasteiger partial charge in [0.25, 0.3) is 0 Å². The summed E-state index contributed by atoms with van der Waals surface area (Å²) in [5.41, 5.74) is 3.45. The normalized spacial score (nSPS) is 10.2. The number of ether oxygens (including phenoxy) is 3. The van der Waals surface area contributed by atoms with Crippen LogP contribution < -0.4 is 14.2 Å². The predicted octanol–water partition coefficient (Wildman–Crippen LogP) is 3.90. The molecule has 0 atom stereocenters. The molecule has 0 spiro atoms. The smallest absolute Gasteiger partial charge is 0.161 e. The van der Waals surface area contributed by atoms with E-state index in [0.29, 0.717) is 6.61 Å². The second-order valence-corrected chi connectivity index (χ2v) is 4.68. The molecule has 106 valence electrons. The van der Waals surface area contributed by atoms with Crippen molar-refractivity contribution in [3.05, 3.63) is 53.1 Å². The third-order valence-electron chi connectivity index (χ3n) is 3.40. The van der Waals surface area contributed by atoms with Crippen LogP contribution in [0.15, 0.2) is 36.4 Å². The van der Waals surface area contributed by atoms with E-state index < -0.39 is 0 Å². The van der Waals surface area contributed by atoms with Crippen LogP contribution in [0.5, 0.6) is 17.2 Å². The summed E-state index contributed by atoms with van der Waals surface area (Å²) in [6.07, 6.45) is 0. The Hall–Kier alpha value is -2.16. The van der Waals surface area contributed by atoms with Crippen LogP contribution in [0.3, 0.4) is 0 Å². The van der Waals surface area contributed by atoms with Crippen LogP contribution in [0.4, 0.5) is 0 Å². The summed E-state index contributed by atoms with van der Waals surface area (Å²) in [5.74, 6) is 2.36. The van der Waals surface area contributed by atoms with E-state index in [1.54, 1.807) is 14.2 Å². The van der Waals surface area contributed by atoms with Crippen molar-refractivity contribution in [2.45, 2.75) is 20.5 Å². The first-order chi connectivity index (χ1) is 9.65. The summed E-state index contributed by atoms with van der Waals surface area (Å²) < 4.78 is 16.4. The highest BCUT2D eigenvalue weighted by Crippen LogP contribution is 2.28. The molecule has 2 rings (SSSR count). The summed E-state index contributed by atoms with van der Waals surface area (Å²) in [5, 5.41) is 0. The van der Waals surface area contributed by atoms with Crippen molar-refractivity contribution in [3.8, 4) is 17.2 Å². The molecule has 0 fully saturated rings. The van der Waals surface area contributed by atoms with Crippen molar-refractivity contribution in [2.75, 3.05) is 14.2 Å². The fourth-order valence-corrected chi connectivity index (χ4v) is 2.01. The Labute approximate surface area is 120 Å². The van der Waals surface area contributed by atoms with Crippen molar-refractivity contribution in [3.63, 3.8) is 0 Å². The van der Waals surface area contributed by atoms with E-state index in [0.717, 1.165) is 22.8 Å². The molecule has 2 aromatic carbocycles. The Balaban J connectivity index is 2.13. The third kappa shape index (κ3) is 3.05. The lowest BCUT2D eigenvalue weighted by molar-refractivity contribution is 0.301. The largest absolute Gasteiger partial charge is 0.493 e. The van der Waals surface area contributed by atoms with E-state index in [1.165, 1.54) is 11.1 Å². The maximum Gasteiger partial charge on any atom is 0.161 e.